The molecular formula is C15H12FN3S2. The topological polar surface area (TPSA) is 51.8 Å². The summed E-state index contributed by atoms with van der Waals surface area (Å²) >= 11 is 3.18. The van der Waals surface area contributed by atoms with Crippen LogP contribution in [0.4, 0.5) is 10.2 Å². The number of nitrogens with zero attached hydrogens (tertiary/aromatic N) is 2. The number of nitrogen functional groups attached to an aromatic ring is 1. The highest BCUT2D eigenvalue weighted by Gasteiger charge is 2.15. The van der Waals surface area contributed by atoms with Crippen molar-refractivity contribution in [2.24, 2.45) is 0 Å². The molecule has 0 aliphatic rings. The maximum Gasteiger partial charge on any atom is 0.150 e. The average molecular weight is 317 g/mol. The van der Waals surface area contributed by atoms with E-state index in [4.69, 9.17) is 5.73 Å². The third-order valence-corrected chi connectivity index (χ3v) is 5.03. The first-order chi connectivity index (χ1) is 10.2. The molecule has 3 nitrogen and oxygen atoms in total. The molecule has 0 aliphatic heterocycles. The molecule has 0 amide bonds. The monoisotopic (exact) mass is 317 g/mol. The Balaban J connectivity index is 2.16. The van der Waals surface area contributed by atoms with Gasteiger partial charge in [0.1, 0.15) is 11.6 Å². The normalized spacial score (nSPS) is 10.8. The van der Waals surface area contributed by atoms with Gasteiger partial charge in [-0.25, -0.2) is 14.4 Å². The maximum atomic E-state index is 13.1. The number of hydrogen-bond donors (Lipinski definition) is 1. The van der Waals surface area contributed by atoms with Gasteiger partial charge < -0.3 is 5.73 Å². The van der Waals surface area contributed by atoms with Gasteiger partial charge in [-0.1, -0.05) is 11.8 Å². The number of hydrogen-bond acceptors (Lipinski definition) is 5. The van der Waals surface area contributed by atoms with Crippen LogP contribution in [-0.4, -0.2) is 16.2 Å². The first-order valence-corrected chi connectivity index (χ1v) is 8.24. The predicted octanol–water partition coefficient (Wildman–Crippen LogP) is 4.32. The molecule has 0 spiro atoms. The highest BCUT2D eigenvalue weighted by molar-refractivity contribution is 8.00. The number of thioether (sulfide) groups is 1. The summed E-state index contributed by atoms with van der Waals surface area (Å²) in [7, 11) is 0. The molecule has 0 fully saturated rings. The van der Waals surface area contributed by atoms with Crippen LogP contribution >= 0.6 is 23.1 Å². The van der Waals surface area contributed by atoms with Gasteiger partial charge in [0.05, 0.1) is 10.6 Å². The predicted molar refractivity (Wildman–Crippen MR) is 86.9 cm³/mol. The smallest absolute Gasteiger partial charge is 0.150 e. The van der Waals surface area contributed by atoms with Crippen molar-refractivity contribution in [3.63, 3.8) is 0 Å². The minimum Gasteiger partial charge on any atom is -0.384 e. The van der Waals surface area contributed by atoms with Gasteiger partial charge in [-0.15, -0.1) is 11.3 Å². The zero-order valence-corrected chi connectivity index (χ0v) is 12.8. The summed E-state index contributed by atoms with van der Waals surface area (Å²) in [6.45, 7) is 0. The maximum absolute atomic E-state index is 13.1. The van der Waals surface area contributed by atoms with Crippen molar-refractivity contribution in [1.29, 1.82) is 0 Å². The number of anilines is 1. The molecule has 0 radical (unpaired) electrons. The first kappa shape index (κ1) is 14.0. The number of pyridine rings is 1. The van der Waals surface area contributed by atoms with Crippen molar-refractivity contribution in [3.8, 4) is 21.7 Å². The number of benzene rings is 1. The van der Waals surface area contributed by atoms with Gasteiger partial charge in [-0.2, -0.15) is 0 Å². The second kappa shape index (κ2) is 5.83. The van der Waals surface area contributed by atoms with E-state index >= 15 is 0 Å². The zero-order valence-electron chi connectivity index (χ0n) is 11.2. The standard InChI is InChI=1S/C15H12FN3S2/c1-20-15-19-13(9-2-4-11(16)5-3-9)14(21-15)10-6-7-18-12(17)8-10/h2-8H,1H3,(H2,17,18). The van der Waals surface area contributed by atoms with E-state index in [1.807, 2.05) is 18.4 Å². The Labute approximate surface area is 130 Å². The first-order valence-electron chi connectivity index (χ1n) is 6.20. The van der Waals surface area contributed by atoms with Crippen LogP contribution in [0, 0.1) is 5.82 Å². The third kappa shape index (κ3) is 2.91. The van der Waals surface area contributed by atoms with Gasteiger partial charge in [-0.05, 0) is 48.2 Å². The van der Waals surface area contributed by atoms with Crippen molar-refractivity contribution >= 4 is 28.9 Å². The quantitative estimate of drug-likeness (QED) is 0.731. The molecule has 2 heterocycles. The molecule has 0 bridgehead atoms. The molecule has 0 saturated carbocycles. The van der Waals surface area contributed by atoms with Crippen LogP contribution < -0.4 is 5.73 Å². The lowest BCUT2D eigenvalue weighted by Gasteiger charge is -2.03. The molecule has 3 aromatic rings. The molecule has 2 aromatic heterocycles. The second-order valence-corrected chi connectivity index (χ2v) is 6.39. The number of nitrogens with two attached hydrogens (primary N) is 1. The minimum atomic E-state index is -0.256. The van der Waals surface area contributed by atoms with E-state index in [1.54, 1.807) is 41.4 Å². The van der Waals surface area contributed by atoms with Crippen molar-refractivity contribution in [2.75, 3.05) is 12.0 Å². The number of rotatable bonds is 3. The number of aromatic nitrogens is 2. The molecule has 106 valence electrons. The van der Waals surface area contributed by atoms with Gasteiger partial charge in [-0.3, -0.25) is 0 Å². The van der Waals surface area contributed by atoms with Crippen molar-refractivity contribution in [1.82, 2.24) is 9.97 Å². The second-order valence-electron chi connectivity index (χ2n) is 4.34. The fraction of sp³-hybridized carbons (Fsp3) is 0.0667. The van der Waals surface area contributed by atoms with Gasteiger partial charge in [0.15, 0.2) is 4.34 Å². The summed E-state index contributed by atoms with van der Waals surface area (Å²) in [5.74, 6) is 0.213. The SMILES string of the molecule is CSc1nc(-c2ccc(F)cc2)c(-c2ccnc(N)c2)s1. The fourth-order valence-electron chi connectivity index (χ4n) is 1.98. The van der Waals surface area contributed by atoms with Gasteiger partial charge in [0, 0.05) is 11.8 Å². The lowest BCUT2D eigenvalue weighted by atomic mass is 10.1. The Morgan fingerprint density at radius 3 is 2.57 bits per heavy atom. The van der Waals surface area contributed by atoms with E-state index in [2.05, 4.69) is 9.97 Å². The van der Waals surface area contributed by atoms with Crippen LogP contribution in [0.25, 0.3) is 21.7 Å². The number of halogens is 1. The number of thiazole rings is 1. The minimum absolute atomic E-state index is 0.256. The van der Waals surface area contributed by atoms with E-state index in [0.717, 1.165) is 26.0 Å². The molecule has 6 heteroatoms. The molecule has 0 aliphatic carbocycles. The molecule has 0 unspecified atom stereocenters. The van der Waals surface area contributed by atoms with E-state index < -0.39 is 0 Å². The van der Waals surface area contributed by atoms with Crippen molar-refractivity contribution in [2.45, 2.75) is 4.34 Å². The molecule has 0 saturated heterocycles. The van der Waals surface area contributed by atoms with E-state index in [1.165, 1.54) is 12.1 Å². The van der Waals surface area contributed by atoms with Gasteiger partial charge in [0.25, 0.3) is 0 Å². The van der Waals surface area contributed by atoms with Crippen LogP contribution in [0.1, 0.15) is 0 Å². The fourth-order valence-corrected chi connectivity index (χ4v) is 3.56. The molecule has 3 rings (SSSR count). The molecule has 0 atom stereocenters. The van der Waals surface area contributed by atoms with E-state index in [0.29, 0.717) is 5.82 Å². The van der Waals surface area contributed by atoms with Crippen LogP contribution in [-0.2, 0) is 0 Å². The van der Waals surface area contributed by atoms with Gasteiger partial charge in [0.2, 0.25) is 0 Å². The summed E-state index contributed by atoms with van der Waals surface area (Å²) < 4.78 is 14.1. The average Bonchev–Trinajstić information content (AvgIpc) is 2.92. The summed E-state index contributed by atoms with van der Waals surface area (Å²) in [5.41, 5.74) is 8.46. The Kier molecular flexibility index (Phi) is 3.90. The molecule has 21 heavy (non-hydrogen) atoms. The summed E-state index contributed by atoms with van der Waals surface area (Å²) in [4.78, 5) is 9.66. The highest BCUT2D eigenvalue weighted by atomic mass is 32.2. The Hall–Kier alpha value is -1.92. The third-order valence-electron chi connectivity index (χ3n) is 2.94. The summed E-state index contributed by atoms with van der Waals surface area (Å²) in [6, 6.07) is 10.1. The molecule has 1 aromatic carbocycles. The lowest BCUT2D eigenvalue weighted by molar-refractivity contribution is 0.628. The van der Waals surface area contributed by atoms with Crippen molar-refractivity contribution in [3.05, 3.63) is 48.4 Å². The summed E-state index contributed by atoms with van der Waals surface area (Å²) in [6.07, 6.45) is 3.66. The molecular weight excluding hydrogens is 305 g/mol. The Morgan fingerprint density at radius 1 is 1.14 bits per heavy atom. The molecule has 2 N–H and O–H groups in total. The van der Waals surface area contributed by atoms with Crippen LogP contribution in [0.2, 0.25) is 0 Å². The van der Waals surface area contributed by atoms with Crippen LogP contribution in [0.5, 0.6) is 0 Å². The van der Waals surface area contributed by atoms with E-state index in [9.17, 15) is 4.39 Å². The Bertz CT molecular complexity index is 769. The summed E-state index contributed by atoms with van der Waals surface area (Å²) in [5, 5.41) is 0. The van der Waals surface area contributed by atoms with Crippen molar-refractivity contribution < 1.29 is 4.39 Å². The van der Waals surface area contributed by atoms with Gasteiger partial charge >= 0.3 is 0 Å². The zero-order chi connectivity index (χ0) is 14.8. The Morgan fingerprint density at radius 2 is 1.90 bits per heavy atom. The van der Waals surface area contributed by atoms with Crippen LogP contribution in [0.3, 0.4) is 0 Å². The van der Waals surface area contributed by atoms with Crippen LogP contribution in [0.15, 0.2) is 46.9 Å². The van der Waals surface area contributed by atoms with E-state index in [-0.39, 0.29) is 5.82 Å². The largest absolute Gasteiger partial charge is 0.384 e. The highest BCUT2D eigenvalue weighted by Crippen LogP contribution is 2.39. The lowest BCUT2D eigenvalue weighted by Crippen LogP contribution is -1.89.